The number of amides is 1. The predicted octanol–water partition coefficient (Wildman–Crippen LogP) is 0.568. The van der Waals surface area contributed by atoms with E-state index in [0.29, 0.717) is 17.5 Å². The summed E-state index contributed by atoms with van der Waals surface area (Å²) in [6.45, 7) is 0. The van der Waals surface area contributed by atoms with E-state index in [1.807, 2.05) is 0 Å². The smallest absolute Gasteiger partial charge is 0.326 e. The van der Waals surface area contributed by atoms with Crippen molar-refractivity contribution < 1.29 is 14.7 Å². The molecule has 0 saturated heterocycles. The lowest BCUT2D eigenvalue weighted by Crippen LogP contribution is -2.44. The Morgan fingerprint density at radius 2 is 2.16 bits per heavy atom. The van der Waals surface area contributed by atoms with Gasteiger partial charge in [0.2, 0.25) is 5.91 Å². The number of aliphatic carboxylic acids is 1. The summed E-state index contributed by atoms with van der Waals surface area (Å²) < 4.78 is 0. The van der Waals surface area contributed by atoms with E-state index in [2.05, 4.69) is 15.3 Å². The lowest BCUT2D eigenvalue weighted by atomic mass is 10.0. The van der Waals surface area contributed by atoms with E-state index >= 15 is 0 Å². The number of aromatic nitrogens is 2. The standard InChI is InChI=1S/C13H17N3O3/c17-12(9-2-7-1-8(7)3-9)16-11(13(18)19)4-10-5-14-6-15-10/h5-9,11H,1-4H2,(H,14,15)(H,16,17)(H,18,19)/t7?,8?,9?,11-/m1/s1. The Morgan fingerprint density at radius 3 is 2.74 bits per heavy atom. The van der Waals surface area contributed by atoms with E-state index in [1.165, 1.54) is 12.7 Å². The molecule has 3 rings (SSSR count). The van der Waals surface area contributed by atoms with Gasteiger partial charge in [-0.15, -0.1) is 0 Å². The lowest BCUT2D eigenvalue weighted by molar-refractivity contribution is -0.142. The number of carbonyl (C=O) groups excluding carboxylic acids is 1. The van der Waals surface area contributed by atoms with Crippen molar-refractivity contribution in [3.8, 4) is 0 Å². The number of imidazole rings is 1. The maximum atomic E-state index is 12.1. The fourth-order valence-corrected chi connectivity index (χ4v) is 3.03. The van der Waals surface area contributed by atoms with E-state index in [-0.39, 0.29) is 18.2 Å². The predicted molar refractivity (Wildman–Crippen MR) is 66.2 cm³/mol. The van der Waals surface area contributed by atoms with Crippen LogP contribution in [0.2, 0.25) is 0 Å². The second kappa shape index (κ2) is 4.68. The van der Waals surface area contributed by atoms with E-state index in [9.17, 15) is 14.7 Å². The molecule has 0 aromatic carbocycles. The number of carbonyl (C=O) groups is 2. The topological polar surface area (TPSA) is 95.1 Å². The van der Waals surface area contributed by atoms with Crippen molar-refractivity contribution in [3.63, 3.8) is 0 Å². The summed E-state index contributed by atoms with van der Waals surface area (Å²) in [5.74, 6) is 0.316. The van der Waals surface area contributed by atoms with Crippen molar-refractivity contribution in [2.45, 2.75) is 31.7 Å². The van der Waals surface area contributed by atoms with Crippen molar-refractivity contribution >= 4 is 11.9 Å². The molecule has 2 unspecified atom stereocenters. The van der Waals surface area contributed by atoms with Gasteiger partial charge < -0.3 is 15.4 Å². The van der Waals surface area contributed by atoms with E-state index < -0.39 is 12.0 Å². The van der Waals surface area contributed by atoms with Gasteiger partial charge in [-0.2, -0.15) is 0 Å². The monoisotopic (exact) mass is 263 g/mol. The average molecular weight is 263 g/mol. The molecule has 19 heavy (non-hydrogen) atoms. The molecule has 2 fully saturated rings. The number of aromatic amines is 1. The van der Waals surface area contributed by atoms with Crippen LogP contribution >= 0.6 is 0 Å². The number of hydrogen-bond donors (Lipinski definition) is 3. The maximum Gasteiger partial charge on any atom is 0.326 e. The highest BCUT2D eigenvalue weighted by Gasteiger charge is 2.48. The molecule has 1 aromatic rings. The number of rotatable bonds is 5. The molecular weight excluding hydrogens is 246 g/mol. The number of H-pyrrole nitrogens is 1. The number of fused-ring (bicyclic) bond motifs is 1. The van der Waals surface area contributed by atoms with Crippen LogP contribution in [0.3, 0.4) is 0 Å². The Balaban J connectivity index is 1.58. The lowest BCUT2D eigenvalue weighted by Gasteiger charge is -2.17. The molecule has 2 aliphatic rings. The zero-order valence-corrected chi connectivity index (χ0v) is 10.5. The molecule has 102 valence electrons. The zero-order valence-electron chi connectivity index (χ0n) is 10.5. The summed E-state index contributed by atoms with van der Waals surface area (Å²) in [5.41, 5.74) is 0.710. The van der Waals surface area contributed by atoms with Gasteiger partial charge in [-0.1, -0.05) is 0 Å². The highest BCUT2D eigenvalue weighted by Crippen LogP contribution is 2.54. The van der Waals surface area contributed by atoms with Crippen LogP contribution in [-0.2, 0) is 16.0 Å². The first-order valence-corrected chi connectivity index (χ1v) is 6.64. The van der Waals surface area contributed by atoms with Crippen LogP contribution in [0.5, 0.6) is 0 Å². The molecule has 3 atom stereocenters. The van der Waals surface area contributed by atoms with Crippen LogP contribution in [-0.4, -0.2) is 33.0 Å². The molecule has 6 nitrogen and oxygen atoms in total. The molecule has 0 radical (unpaired) electrons. The van der Waals surface area contributed by atoms with Crippen molar-refractivity contribution in [1.29, 1.82) is 0 Å². The van der Waals surface area contributed by atoms with Gasteiger partial charge in [0.05, 0.1) is 6.33 Å². The SMILES string of the molecule is O=C(N[C@H](Cc1cnc[nH]1)C(=O)O)C1CC2CC2C1. The first-order valence-electron chi connectivity index (χ1n) is 6.64. The summed E-state index contributed by atoms with van der Waals surface area (Å²) in [6.07, 6.45) is 6.41. The van der Waals surface area contributed by atoms with E-state index in [0.717, 1.165) is 12.8 Å². The zero-order chi connectivity index (χ0) is 13.4. The number of carboxylic acid groups (broad SMARTS) is 1. The summed E-state index contributed by atoms with van der Waals surface area (Å²) in [4.78, 5) is 30.0. The third-order valence-electron chi connectivity index (χ3n) is 4.21. The fourth-order valence-electron chi connectivity index (χ4n) is 3.03. The molecule has 6 heteroatoms. The van der Waals surface area contributed by atoms with Crippen LogP contribution in [0.25, 0.3) is 0 Å². The Kier molecular flexibility index (Phi) is 3.00. The second-order valence-electron chi connectivity index (χ2n) is 5.60. The largest absolute Gasteiger partial charge is 0.480 e. The summed E-state index contributed by atoms with van der Waals surface area (Å²) >= 11 is 0. The Labute approximate surface area is 110 Å². The Morgan fingerprint density at radius 1 is 1.42 bits per heavy atom. The van der Waals surface area contributed by atoms with Gasteiger partial charge in [0.25, 0.3) is 0 Å². The highest BCUT2D eigenvalue weighted by molar-refractivity contribution is 5.85. The first kappa shape index (κ1) is 12.2. The molecule has 0 bridgehead atoms. The van der Waals surface area contributed by atoms with Crippen molar-refractivity contribution in [2.75, 3.05) is 0 Å². The molecule has 1 heterocycles. The van der Waals surface area contributed by atoms with Crippen LogP contribution in [0.15, 0.2) is 12.5 Å². The minimum Gasteiger partial charge on any atom is -0.480 e. The first-order chi connectivity index (χ1) is 9.13. The summed E-state index contributed by atoms with van der Waals surface area (Å²) in [7, 11) is 0. The minimum atomic E-state index is -1.01. The number of carboxylic acids is 1. The van der Waals surface area contributed by atoms with Gasteiger partial charge >= 0.3 is 5.97 Å². The fraction of sp³-hybridized carbons (Fsp3) is 0.615. The van der Waals surface area contributed by atoms with Crippen molar-refractivity contribution in [3.05, 3.63) is 18.2 Å². The van der Waals surface area contributed by atoms with Gasteiger partial charge in [-0.05, 0) is 31.1 Å². The van der Waals surface area contributed by atoms with Crippen molar-refractivity contribution in [2.24, 2.45) is 17.8 Å². The Hall–Kier alpha value is -1.85. The second-order valence-corrected chi connectivity index (χ2v) is 5.60. The van der Waals surface area contributed by atoms with Gasteiger partial charge in [-0.25, -0.2) is 9.78 Å². The third kappa shape index (κ3) is 2.62. The van der Waals surface area contributed by atoms with Gasteiger partial charge in [0.15, 0.2) is 0 Å². The molecule has 0 aliphatic heterocycles. The quantitative estimate of drug-likeness (QED) is 0.723. The van der Waals surface area contributed by atoms with E-state index in [1.54, 1.807) is 6.20 Å². The minimum absolute atomic E-state index is 0.00682. The molecule has 1 aromatic heterocycles. The van der Waals surface area contributed by atoms with Gasteiger partial charge in [-0.3, -0.25) is 4.79 Å². The average Bonchev–Trinajstić information content (AvgIpc) is 2.83. The van der Waals surface area contributed by atoms with Crippen LogP contribution in [0.1, 0.15) is 25.0 Å². The number of nitrogens with one attached hydrogen (secondary N) is 2. The summed E-state index contributed by atoms with van der Waals surface area (Å²) in [6, 6.07) is -0.884. The number of nitrogens with zero attached hydrogens (tertiary/aromatic N) is 1. The molecule has 3 N–H and O–H groups in total. The molecule has 2 aliphatic carbocycles. The third-order valence-corrected chi connectivity index (χ3v) is 4.21. The van der Waals surface area contributed by atoms with Gasteiger partial charge in [0, 0.05) is 24.2 Å². The molecule has 1 amide bonds. The van der Waals surface area contributed by atoms with Crippen LogP contribution in [0.4, 0.5) is 0 Å². The molecular formula is C13H17N3O3. The molecule has 2 saturated carbocycles. The van der Waals surface area contributed by atoms with Crippen molar-refractivity contribution in [1.82, 2.24) is 15.3 Å². The summed E-state index contributed by atoms with van der Waals surface area (Å²) in [5, 5.41) is 11.8. The van der Waals surface area contributed by atoms with Crippen LogP contribution < -0.4 is 5.32 Å². The maximum absolute atomic E-state index is 12.1. The van der Waals surface area contributed by atoms with Crippen LogP contribution in [0, 0.1) is 17.8 Å². The normalized spacial score (nSPS) is 29.6. The molecule has 0 spiro atoms. The van der Waals surface area contributed by atoms with Gasteiger partial charge in [0.1, 0.15) is 6.04 Å². The highest BCUT2D eigenvalue weighted by atomic mass is 16.4. The van der Waals surface area contributed by atoms with E-state index in [4.69, 9.17) is 0 Å². The number of hydrogen-bond acceptors (Lipinski definition) is 3. The Bertz CT molecular complexity index is 475.